The van der Waals surface area contributed by atoms with E-state index in [1.54, 1.807) is 24.3 Å². The first-order valence-electron chi connectivity index (χ1n) is 5.40. The number of carboxylic acids is 1. The molecule has 2 aromatic carbocycles. The van der Waals surface area contributed by atoms with Gasteiger partial charge in [-0.2, -0.15) is 0 Å². The third-order valence-corrected chi connectivity index (χ3v) is 2.70. The number of hydrogen-bond donors (Lipinski definition) is 3. The number of carbonyl (C=O) groups is 1. The minimum atomic E-state index is -0.996. The first kappa shape index (κ1) is 12.0. The van der Waals surface area contributed by atoms with E-state index >= 15 is 0 Å². The molecule has 0 fully saturated rings. The van der Waals surface area contributed by atoms with Crippen LogP contribution in [0.2, 0.25) is 0 Å². The maximum absolute atomic E-state index is 11.0. The topological polar surface area (TPSA) is 77.8 Å². The summed E-state index contributed by atoms with van der Waals surface area (Å²) in [6.07, 6.45) is 0.300. The quantitative estimate of drug-likeness (QED) is 0.774. The summed E-state index contributed by atoms with van der Waals surface area (Å²) in [6, 6.07) is 10.9. The molecular formula is C14H12O4. The summed E-state index contributed by atoms with van der Waals surface area (Å²) >= 11 is 0. The lowest BCUT2D eigenvalue weighted by molar-refractivity contribution is 0.0696. The van der Waals surface area contributed by atoms with Gasteiger partial charge in [0.25, 0.3) is 0 Å². The minimum absolute atomic E-state index is 0.0252. The molecular weight excluding hydrogens is 232 g/mol. The highest BCUT2D eigenvalue weighted by atomic mass is 16.4. The number of phenolic OH excluding ortho intramolecular Hbond substituents is 2. The Morgan fingerprint density at radius 1 is 1.00 bits per heavy atom. The highest BCUT2D eigenvalue weighted by Crippen LogP contribution is 2.25. The van der Waals surface area contributed by atoms with Crippen molar-refractivity contribution < 1.29 is 20.1 Å². The van der Waals surface area contributed by atoms with Gasteiger partial charge in [0.15, 0.2) is 0 Å². The maximum atomic E-state index is 11.0. The van der Waals surface area contributed by atoms with Gasteiger partial charge in [-0.05, 0) is 23.3 Å². The Balaban J connectivity index is 2.37. The van der Waals surface area contributed by atoms with Crippen molar-refractivity contribution in [2.45, 2.75) is 6.42 Å². The van der Waals surface area contributed by atoms with Crippen molar-refractivity contribution in [1.82, 2.24) is 0 Å². The normalized spacial score (nSPS) is 10.2. The van der Waals surface area contributed by atoms with Gasteiger partial charge < -0.3 is 15.3 Å². The molecule has 3 N–H and O–H groups in total. The van der Waals surface area contributed by atoms with Crippen LogP contribution >= 0.6 is 0 Å². The highest BCUT2D eigenvalue weighted by Gasteiger charge is 2.11. The van der Waals surface area contributed by atoms with Crippen LogP contribution in [0.4, 0.5) is 0 Å². The van der Waals surface area contributed by atoms with Crippen LogP contribution in [0.3, 0.4) is 0 Å². The molecule has 0 radical (unpaired) electrons. The minimum Gasteiger partial charge on any atom is -0.508 e. The van der Waals surface area contributed by atoms with E-state index in [2.05, 4.69) is 0 Å². The summed E-state index contributed by atoms with van der Waals surface area (Å²) in [5.41, 5.74) is 1.40. The van der Waals surface area contributed by atoms with Gasteiger partial charge in [-0.15, -0.1) is 0 Å². The van der Waals surface area contributed by atoms with Crippen LogP contribution in [0.25, 0.3) is 0 Å². The van der Waals surface area contributed by atoms with Crippen molar-refractivity contribution in [3.05, 3.63) is 59.2 Å². The van der Waals surface area contributed by atoms with Gasteiger partial charge in [-0.1, -0.05) is 24.3 Å². The molecule has 4 nitrogen and oxygen atoms in total. The molecule has 0 atom stereocenters. The van der Waals surface area contributed by atoms with E-state index in [1.807, 2.05) is 0 Å². The highest BCUT2D eigenvalue weighted by molar-refractivity contribution is 5.89. The van der Waals surface area contributed by atoms with E-state index in [1.165, 1.54) is 18.2 Å². The van der Waals surface area contributed by atoms with Crippen molar-refractivity contribution in [2.75, 3.05) is 0 Å². The summed E-state index contributed by atoms with van der Waals surface area (Å²) in [4.78, 5) is 11.0. The van der Waals surface area contributed by atoms with Crippen LogP contribution in [0, 0.1) is 0 Å². The standard InChI is InChI=1S/C14H12O4/c15-11-6-5-10(13(16)8-11)7-9-3-1-2-4-12(9)14(17)18/h1-6,8,15-16H,7H2,(H,17,18). The first-order chi connectivity index (χ1) is 8.58. The van der Waals surface area contributed by atoms with E-state index in [4.69, 9.17) is 5.11 Å². The zero-order valence-electron chi connectivity index (χ0n) is 9.50. The number of carboxylic acid groups (broad SMARTS) is 1. The van der Waals surface area contributed by atoms with Gasteiger partial charge in [-0.3, -0.25) is 0 Å². The molecule has 0 aromatic heterocycles. The average molecular weight is 244 g/mol. The lowest BCUT2D eigenvalue weighted by atomic mass is 9.99. The molecule has 92 valence electrons. The van der Waals surface area contributed by atoms with Crippen molar-refractivity contribution in [1.29, 1.82) is 0 Å². The molecule has 0 aliphatic carbocycles. The van der Waals surface area contributed by atoms with Gasteiger partial charge >= 0.3 is 5.97 Å². The molecule has 0 aliphatic rings. The summed E-state index contributed by atoms with van der Waals surface area (Å²) in [5, 5.41) is 27.9. The summed E-state index contributed by atoms with van der Waals surface area (Å²) in [5.74, 6) is -1.07. The van der Waals surface area contributed by atoms with Gasteiger partial charge in [0.2, 0.25) is 0 Å². The fraction of sp³-hybridized carbons (Fsp3) is 0.0714. The summed E-state index contributed by atoms with van der Waals surface area (Å²) in [6.45, 7) is 0. The molecule has 0 saturated carbocycles. The SMILES string of the molecule is O=C(O)c1ccccc1Cc1ccc(O)cc1O. The molecule has 18 heavy (non-hydrogen) atoms. The lowest BCUT2D eigenvalue weighted by Gasteiger charge is -2.08. The summed E-state index contributed by atoms with van der Waals surface area (Å²) in [7, 11) is 0. The van der Waals surface area contributed by atoms with Crippen molar-refractivity contribution in [3.8, 4) is 11.5 Å². The summed E-state index contributed by atoms with van der Waals surface area (Å²) < 4.78 is 0. The smallest absolute Gasteiger partial charge is 0.335 e. The molecule has 0 saturated heterocycles. The second-order valence-corrected chi connectivity index (χ2v) is 3.95. The number of rotatable bonds is 3. The fourth-order valence-electron chi connectivity index (χ4n) is 1.79. The van der Waals surface area contributed by atoms with Gasteiger partial charge in [0.1, 0.15) is 11.5 Å². The molecule has 0 bridgehead atoms. The number of aromatic carboxylic acids is 1. The first-order valence-corrected chi connectivity index (χ1v) is 5.40. The van der Waals surface area contributed by atoms with Crippen molar-refractivity contribution in [3.63, 3.8) is 0 Å². The van der Waals surface area contributed by atoms with Crippen LogP contribution in [0.15, 0.2) is 42.5 Å². The van der Waals surface area contributed by atoms with E-state index < -0.39 is 5.97 Å². The number of aromatic hydroxyl groups is 2. The van der Waals surface area contributed by atoms with Crippen molar-refractivity contribution in [2.24, 2.45) is 0 Å². The maximum Gasteiger partial charge on any atom is 0.335 e. The van der Waals surface area contributed by atoms with Crippen molar-refractivity contribution >= 4 is 5.97 Å². The largest absolute Gasteiger partial charge is 0.508 e. The Hall–Kier alpha value is -2.49. The molecule has 0 amide bonds. The van der Waals surface area contributed by atoms with Gasteiger partial charge in [-0.25, -0.2) is 4.79 Å². The number of benzene rings is 2. The molecule has 0 spiro atoms. The Bertz CT molecular complexity index is 590. The molecule has 4 heteroatoms. The Morgan fingerprint density at radius 3 is 2.39 bits per heavy atom. The second-order valence-electron chi connectivity index (χ2n) is 3.95. The van der Waals surface area contributed by atoms with Gasteiger partial charge in [0.05, 0.1) is 5.56 Å². The van der Waals surface area contributed by atoms with Crippen LogP contribution < -0.4 is 0 Å². The molecule has 0 aliphatic heterocycles. The predicted molar refractivity (Wildman–Crippen MR) is 66.0 cm³/mol. The molecule has 2 rings (SSSR count). The molecule has 0 unspecified atom stereocenters. The van der Waals surface area contributed by atoms with Gasteiger partial charge in [0, 0.05) is 12.5 Å². The average Bonchev–Trinajstić information content (AvgIpc) is 2.33. The zero-order chi connectivity index (χ0) is 13.1. The predicted octanol–water partition coefficient (Wildman–Crippen LogP) is 2.39. The monoisotopic (exact) mass is 244 g/mol. The van der Waals surface area contributed by atoms with E-state index in [-0.39, 0.29) is 17.1 Å². The lowest BCUT2D eigenvalue weighted by Crippen LogP contribution is -2.02. The van der Waals surface area contributed by atoms with E-state index in [0.29, 0.717) is 17.5 Å². The third-order valence-electron chi connectivity index (χ3n) is 2.70. The Labute approximate surface area is 104 Å². The van der Waals surface area contributed by atoms with E-state index in [9.17, 15) is 15.0 Å². The second kappa shape index (κ2) is 4.79. The zero-order valence-corrected chi connectivity index (χ0v) is 9.50. The Morgan fingerprint density at radius 2 is 1.72 bits per heavy atom. The fourth-order valence-corrected chi connectivity index (χ4v) is 1.79. The molecule has 0 heterocycles. The number of phenols is 2. The van der Waals surface area contributed by atoms with Crippen LogP contribution in [0.1, 0.15) is 21.5 Å². The van der Waals surface area contributed by atoms with Crippen LogP contribution in [0.5, 0.6) is 11.5 Å². The number of hydrogen-bond acceptors (Lipinski definition) is 3. The van der Waals surface area contributed by atoms with Crippen LogP contribution in [-0.4, -0.2) is 21.3 Å². The third kappa shape index (κ3) is 2.43. The van der Waals surface area contributed by atoms with Crippen LogP contribution in [-0.2, 0) is 6.42 Å². The molecule has 2 aromatic rings. The van der Waals surface area contributed by atoms with E-state index in [0.717, 1.165) is 0 Å². The Kier molecular flexibility index (Phi) is 3.19.